The van der Waals surface area contributed by atoms with E-state index < -0.39 is 7.55 Å². The van der Waals surface area contributed by atoms with E-state index >= 15 is 0 Å². The van der Waals surface area contributed by atoms with Crippen LogP contribution in [0.25, 0.3) is 6.08 Å². The van der Waals surface area contributed by atoms with Crippen molar-refractivity contribution < 1.29 is 9.28 Å². The highest BCUT2D eigenvalue weighted by Crippen LogP contribution is 2.27. The number of carbonyl (C=O) groups excluding carboxylic acids is 1. The van der Waals surface area contributed by atoms with Gasteiger partial charge < -0.3 is 8.96 Å². The Balaban J connectivity index is 2.25. The molecule has 0 atom stereocenters. The molecule has 3 heterocycles. The fourth-order valence-corrected chi connectivity index (χ4v) is 3.09. The summed E-state index contributed by atoms with van der Waals surface area (Å²) in [6.07, 6.45) is 5.15. The van der Waals surface area contributed by atoms with E-state index in [9.17, 15) is 4.79 Å². The summed E-state index contributed by atoms with van der Waals surface area (Å²) in [6, 6.07) is 2.22. The fraction of sp³-hybridized carbons (Fsp3) is 0.231. The second kappa shape index (κ2) is 3.33. The average molecular weight is 226 g/mol. The highest BCUT2D eigenvalue weighted by Gasteiger charge is 2.27. The van der Waals surface area contributed by atoms with Gasteiger partial charge in [-0.15, -0.1) is 0 Å². The van der Waals surface area contributed by atoms with Crippen LogP contribution in [0, 0.1) is 13.8 Å². The normalized spacial score (nSPS) is 17.6. The number of hydrogen-bond acceptors (Lipinski definition) is 1. The molecule has 4 heteroatoms. The van der Waals surface area contributed by atoms with Crippen LogP contribution in [0.2, 0.25) is 0 Å². The quantitative estimate of drug-likeness (QED) is 0.516. The topological polar surface area (TPSA) is 25.0 Å². The van der Waals surface area contributed by atoms with Gasteiger partial charge in [-0.1, -0.05) is 0 Å². The molecule has 2 aliphatic heterocycles. The van der Waals surface area contributed by atoms with Gasteiger partial charge >= 0.3 is 7.55 Å². The third-order valence-electron chi connectivity index (χ3n) is 4.03. The van der Waals surface area contributed by atoms with Crippen LogP contribution in [0.4, 0.5) is 0 Å². The zero-order chi connectivity index (χ0) is 12.2. The number of aromatic nitrogens is 1. The molecule has 0 saturated heterocycles. The monoisotopic (exact) mass is 226 g/mol. The lowest BCUT2D eigenvalue weighted by atomic mass is 10.0. The van der Waals surface area contributed by atoms with Crippen LogP contribution in [0.15, 0.2) is 23.4 Å². The summed E-state index contributed by atoms with van der Waals surface area (Å²) >= 11 is 0. The zero-order valence-electron chi connectivity index (χ0n) is 10.6. The number of fused-ring (bicyclic) bond motifs is 2. The number of nitrogens with zero attached hydrogens (tertiary/aromatic N) is 2. The van der Waals surface area contributed by atoms with Gasteiger partial charge in [0.15, 0.2) is 11.4 Å². The van der Waals surface area contributed by atoms with Crippen molar-refractivity contribution in [3.63, 3.8) is 0 Å². The van der Waals surface area contributed by atoms with Crippen LogP contribution in [0.1, 0.15) is 23.9 Å². The molecule has 1 aromatic rings. The summed E-state index contributed by atoms with van der Waals surface area (Å²) in [4.78, 5) is 11.1. The van der Waals surface area contributed by atoms with E-state index in [1.165, 1.54) is 28.2 Å². The van der Waals surface area contributed by atoms with Gasteiger partial charge in [-0.05, 0) is 38.1 Å². The lowest BCUT2D eigenvalue weighted by Gasteiger charge is -2.22. The summed E-state index contributed by atoms with van der Waals surface area (Å²) in [7, 11) is -0.512. The van der Waals surface area contributed by atoms with Gasteiger partial charge in [0, 0.05) is 23.4 Å². The van der Waals surface area contributed by atoms with Crippen LogP contribution in [-0.4, -0.2) is 28.5 Å². The predicted octanol–water partition coefficient (Wildman–Crippen LogP) is 0.919. The largest absolute Gasteiger partial charge is 0.464 e. The molecular weight excluding hydrogens is 211 g/mol. The van der Waals surface area contributed by atoms with Gasteiger partial charge in [0.1, 0.15) is 0 Å². The molecule has 0 saturated carbocycles. The first kappa shape index (κ1) is 10.3. The summed E-state index contributed by atoms with van der Waals surface area (Å²) in [6.45, 7) is 6.36. The second-order valence-corrected chi connectivity index (χ2v) is 5.07. The maximum atomic E-state index is 11.1. The van der Waals surface area contributed by atoms with Crippen molar-refractivity contribution >= 4 is 25.6 Å². The van der Waals surface area contributed by atoms with Crippen LogP contribution >= 0.6 is 0 Å². The van der Waals surface area contributed by atoms with Crippen LogP contribution in [-0.2, 0) is 4.79 Å². The molecule has 0 aromatic carbocycles. The van der Waals surface area contributed by atoms with E-state index in [2.05, 4.69) is 41.9 Å². The van der Waals surface area contributed by atoms with Gasteiger partial charge in [0.25, 0.3) is 0 Å². The Hall–Kier alpha value is -1.84. The summed E-state index contributed by atoms with van der Waals surface area (Å²) in [5, 5.41) is 0. The minimum atomic E-state index is -0.512. The lowest BCUT2D eigenvalue weighted by molar-refractivity contribution is -0.313. The molecule has 0 aliphatic carbocycles. The van der Waals surface area contributed by atoms with E-state index in [-0.39, 0.29) is 0 Å². The highest BCUT2D eigenvalue weighted by molar-refractivity contribution is 6.38. The van der Waals surface area contributed by atoms with Crippen molar-refractivity contribution in [2.45, 2.75) is 20.8 Å². The first-order valence-corrected chi connectivity index (χ1v) is 6.05. The third-order valence-corrected chi connectivity index (χ3v) is 4.03. The van der Waals surface area contributed by atoms with E-state index in [0.717, 1.165) is 12.0 Å². The Morgan fingerprint density at radius 2 is 2.06 bits per heavy atom. The van der Waals surface area contributed by atoms with E-state index in [4.69, 9.17) is 0 Å². The number of aryl methyl sites for hydroxylation is 2. The molecular formula is C13H15BN2O. The van der Waals surface area contributed by atoms with E-state index in [1.54, 1.807) is 0 Å². The van der Waals surface area contributed by atoms with Crippen molar-refractivity contribution in [3.8, 4) is 0 Å². The predicted molar refractivity (Wildman–Crippen MR) is 70.9 cm³/mol. The highest BCUT2D eigenvalue weighted by atomic mass is 16.1. The minimum Gasteiger partial charge on any atom is -0.464 e. The Kier molecular flexibility index (Phi) is 2.02. The Morgan fingerprint density at radius 3 is 2.76 bits per heavy atom. The van der Waals surface area contributed by atoms with Crippen molar-refractivity contribution in [1.82, 2.24) is 4.48 Å². The zero-order valence-corrected chi connectivity index (χ0v) is 10.6. The number of hydrogen-bond donors (Lipinski definition) is 0. The van der Waals surface area contributed by atoms with Crippen LogP contribution in [0.3, 0.4) is 0 Å². The molecule has 2 aliphatic rings. The number of allylic oxidation sites excluding steroid dienone is 2. The molecule has 0 spiro atoms. The SMILES string of the molecule is CC1=CC(C=O)=[N+]2[BH2-]n3c(C)cc(C)c3C=C12. The van der Waals surface area contributed by atoms with Gasteiger partial charge in [-0.2, -0.15) is 0 Å². The lowest BCUT2D eigenvalue weighted by Crippen LogP contribution is -2.31. The molecule has 3 nitrogen and oxygen atoms in total. The number of carbonyl (C=O) groups is 1. The van der Waals surface area contributed by atoms with Crippen molar-refractivity contribution in [3.05, 3.63) is 40.4 Å². The molecule has 86 valence electrons. The van der Waals surface area contributed by atoms with Gasteiger partial charge in [-0.3, -0.25) is 4.79 Å². The van der Waals surface area contributed by atoms with Gasteiger partial charge in [0.05, 0.1) is 0 Å². The first-order valence-electron chi connectivity index (χ1n) is 6.05. The molecule has 17 heavy (non-hydrogen) atoms. The summed E-state index contributed by atoms with van der Waals surface area (Å²) in [5.41, 5.74) is 7.15. The third kappa shape index (κ3) is 1.30. The number of aldehydes is 1. The average Bonchev–Trinajstić information content (AvgIpc) is 2.77. The fourth-order valence-electron chi connectivity index (χ4n) is 3.09. The van der Waals surface area contributed by atoms with Gasteiger partial charge in [0.2, 0.25) is 6.29 Å². The van der Waals surface area contributed by atoms with Crippen molar-refractivity contribution in [2.75, 3.05) is 0 Å². The minimum absolute atomic E-state index is 0.512. The van der Waals surface area contributed by atoms with Crippen LogP contribution in [0.5, 0.6) is 0 Å². The molecule has 0 radical (unpaired) electrons. The summed E-state index contributed by atoms with van der Waals surface area (Å²) in [5.74, 6) is 0. The standard InChI is InChI=1S/C13H15BN2O/c1-8-4-10(3)15-12(8)6-13-9(2)5-11(7-17)16(13)14-15/h4-7H,14H2,1-3H3. The first-order chi connectivity index (χ1) is 8.11. The Bertz CT molecular complexity index is 632. The molecule has 0 N–H and O–H groups in total. The molecule has 3 rings (SSSR count). The molecule has 0 unspecified atom stereocenters. The molecule has 0 fully saturated rings. The van der Waals surface area contributed by atoms with Gasteiger partial charge in [-0.25, -0.2) is 0 Å². The van der Waals surface area contributed by atoms with Crippen LogP contribution < -0.4 is 0 Å². The maximum absolute atomic E-state index is 11.1. The second-order valence-electron chi connectivity index (χ2n) is 5.07. The molecule has 0 amide bonds. The molecule has 0 bridgehead atoms. The van der Waals surface area contributed by atoms with E-state index in [1.807, 2.05) is 6.08 Å². The molecule has 1 aromatic heterocycles. The Morgan fingerprint density at radius 1 is 1.29 bits per heavy atom. The van der Waals surface area contributed by atoms with Crippen molar-refractivity contribution in [2.24, 2.45) is 0 Å². The smallest absolute Gasteiger partial charge is 0.354 e. The number of rotatable bonds is 1. The van der Waals surface area contributed by atoms with E-state index in [0.29, 0.717) is 0 Å². The Labute approximate surface area is 101 Å². The maximum Gasteiger partial charge on any atom is 0.354 e. The summed E-state index contributed by atoms with van der Waals surface area (Å²) < 4.78 is 4.57. The van der Waals surface area contributed by atoms with Crippen molar-refractivity contribution in [1.29, 1.82) is 0 Å².